The minimum atomic E-state index is -1.00. The van der Waals surface area contributed by atoms with Gasteiger partial charge in [0.1, 0.15) is 24.0 Å². The number of hydrogen-bond donors (Lipinski definition) is 1. The third-order valence-corrected chi connectivity index (χ3v) is 7.59. The van der Waals surface area contributed by atoms with Crippen LogP contribution in [0.5, 0.6) is 0 Å². The second kappa shape index (κ2) is 10.4. The van der Waals surface area contributed by atoms with Crippen molar-refractivity contribution < 1.29 is 32.0 Å². The zero-order valence-electron chi connectivity index (χ0n) is 20.2. The third kappa shape index (κ3) is 5.54. The van der Waals surface area contributed by atoms with Gasteiger partial charge in [-0.05, 0) is 53.4 Å². The summed E-state index contributed by atoms with van der Waals surface area (Å²) in [6.45, 7) is 2.27. The Morgan fingerprint density at radius 2 is 1.51 bits per heavy atom. The number of halogens is 3. The Morgan fingerprint density at radius 3 is 2.11 bits per heavy atom. The summed E-state index contributed by atoms with van der Waals surface area (Å²) in [6.07, 6.45) is -0.0477. The third-order valence-electron chi connectivity index (χ3n) is 7.59. The van der Waals surface area contributed by atoms with E-state index in [1.807, 2.05) is 0 Å². The Bertz CT molecular complexity index is 1260. The summed E-state index contributed by atoms with van der Waals surface area (Å²) in [7, 11) is 0. The Hall–Kier alpha value is -3.65. The van der Waals surface area contributed by atoms with Gasteiger partial charge >= 0.3 is 6.09 Å². The van der Waals surface area contributed by atoms with Crippen molar-refractivity contribution >= 4 is 11.9 Å². The van der Waals surface area contributed by atoms with Gasteiger partial charge in [0.25, 0.3) is 0 Å². The maximum atomic E-state index is 14.2. The highest BCUT2D eigenvalue weighted by Crippen LogP contribution is 2.35. The summed E-state index contributed by atoms with van der Waals surface area (Å²) < 4.78 is 48.3. The van der Waals surface area contributed by atoms with E-state index in [-0.39, 0.29) is 29.9 Å². The molecule has 3 saturated heterocycles. The van der Waals surface area contributed by atoms with Crippen LogP contribution in [0.2, 0.25) is 0 Å². The lowest BCUT2D eigenvalue weighted by molar-refractivity contribution is -0.936. The molecule has 192 valence electrons. The van der Waals surface area contributed by atoms with Gasteiger partial charge < -0.3 is 14.5 Å². The molecule has 6 rings (SSSR count). The van der Waals surface area contributed by atoms with E-state index in [1.165, 1.54) is 48.5 Å². The van der Waals surface area contributed by atoms with Crippen LogP contribution < -0.4 is 5.32 Å². The first kappa shape index (κ1) is 25.0. The van der Waals surface area contributed by atoms with E-state index in [0.29, 0.717) is 22.2 Å². The molecule has 0 spiro atoms. The molecular formula is C29H28F3N2O3+. The lowest BCUT2D eigenvalue weighted by Gasteiger charge is -2.52. The zero-order chi connectivity index (χ0) is 26.0. The van der Waals surface area contributed by atoms with Crippen LogP contribution >= 0.6 is 0 Å². The number of Topliss-reactive ketones (excluding diaryl/α,β-unsaturated/α-hetero) is 1. The number of hydrogen-bond acceptors (Lipinski definition) is 3. The number of ether oxygens (including phenoxy) is 1. The Labute approximate surface area is 213 Å². The van der Waals surface area contributed by atoms with Crippen molar-refractivity contribution in [3.63, 3.8) is 0 Å². The highest BCUT2D eigenvalue weighted by atomic mass is 19.1. The number of quaternary nitrogens is 1. The number of piperidine rings is 3. The largest absolute Gasteiger partial charge is 0.436 e. The lowest BCUT2D eigenvalue weighted by atomic mass is 9.81. The van der Waals surface area contributed by atoms with Gasteiger partial charge in [0, 0.05) is 12.8 Å². The van der Waals surface area contributed by atoms with Crippen molar-refractivity contribution in [3.8, 4) is 0 Å². The molecule has 3 aromatic rings. The number of amides is 1. The van der Waals surface area contributed by atoms with Crippen LogP contribution in [0.25, 0.3) is 0 Å². The van der Waals surface area contributed by atoms with E-state index < -0.39 is 29.6 Å². The van der Waals surface area contributed by atoms with Crippen LogP contribution in [0.3, 0.4) is 0 Å². The summed E-state index contributed by atoms with van der Waals surface area (Å²) in [5.74, 6) is -1.54. The van der Waals surface area contributed by atoms with E-state index in [2.05, 4.69) is 5.32 Å². The summed E-state index contributed by atoms with van der Waals surface area (Å²) in [4.78, 5) is 26.0. The van der Waals surface area contributed by atoms with Gasteiger partial charge in [0.2, 0.25) is 5.78 Å². The van der Waals surface area contributed by atoms with Crippen LogP contribution in [-0.4, -0.2) is 48.6 Å². The molecule has 0 aliphatic carbocycles. The zero-order valence-corrected chi connectivity index (χ0v) is 20.2. The monoisotopic (exact) mass is 509 g/mol. The van der Waals surface area contributed by atoms with E-state index in [0.717, 1.165) is 25.9 Å². The number of rotatable bonds is 7. The van der Waals surface area contributed by atoms with E-state index in [4.69, 9.17) is 4.74 Å². The molecule has 0 saturated carbocycles. The van der Waals surface area contributed by atoms with Crippen LogP contribution in [0.1, 0.15) is 40.4 Å². The van der Waals surface area contributed by atoms with Gasteiger partial charge in [0.05, 0.1) is 31.2 Å². The average molecular weight is 510 g/mol. The molecule has 1 amide bonds. The molecule has 0 radical (unpaired) electrons. The predicted molar refractivity (Wildman–Crippen MR) is 131 cm³/mol. The molecule has 3 heterocycles. The van der Waals surface area contributed by atoms with Crippen molar-refractivity contribution in [2.45, 2.75) is 25.0 Å². The second-order valence-electron chi connectivity index (χ2n) is 10.0. The molecule has 1 N–H and O–H groups in total. The molecule has 0 aromatic heterocycles. The Balaban J connectivity index is 1.30. The molecule has 3 aliphatic rings. The van der Waals surface area contributed by atoms with Gasteiger partial charge in [-0.25, -0.2) is 18.0 Å². The van der Waals surface area contributed by atoms with E-state index >= 15 is 0 Å². The molecule has 37 heavy (non-hydrogen) atoms. The first-order chi connectivity index (χ1) is 17.8. The first-order valence-corrected chi connectivity index (χ1v) is 12.4. The summed E-state index contributed by atoms with van der Waals surface area (Å²) in [6, 6.07) is 17.1. The van der Waals surface area contributed by atoms with Crippen molar-refractivity contribution in [2.24, 2.45) is 5.92 Å². The molecule has 5 nitrogen and oxygen atoms in total. The topological polar surface area (TPSA) is 55.4 Å². The number of ketones is 1. The average Bonchev–Trinajstić information content (AvgIpc) is 2.88. The Kier molecular flexibility index (Phi) is 7.02. The maximum absolute atomic E-state index is 14.2. The summed E-state index contributed by atoms with van der Waals surface area (Å²) >= 11 is 0. The molecular weight excluding hydrogens is 481 g/mol. The highest BCUT2D eigenvalue weighted by molar-refractivity contribution is 5.97. The van der Waals surface area contributed by atoms with Crippen molar-refractivity contribution in [3.05, 3.63) is 107 Å². The van der Waals surface area contributed by atoms with Crippen LogP contribution in [-0.2, 0) is 4.74 Å². The van der Waals surface area contributed by atoms with Gasteiger partial charge in [-0.15, -0.1) is 0 Å². The highest BCUT2D eigenvalue weighted by Gasteiger charge is 2.47. The standard InChI is InChI=1S/C29H27F3N2O3/c30-22-7-3-5-20(15-22)28(21-6-4-8-23(31)16-21)37-29(36)33-26-17-34(13-11-19(26)12-14-34)18-27(35)24-9-1-2-10-25(24)32/h1-10,15-16,19,26,28H,11-14,17-18H2/p+1. The Morgan fingerprint density at radius 1 is 0.892 bits per heavy atom. The molecule has 3 aliphatic heterocycles. The van der Waals surface area contributed by atoms with Crippen LogP contribution in [0.15, 0.2) is 72.8 Å². The number of benzene rings is 3. The van der Waals surface area contributed by atoms with Crippen LogP contribution in [0, 0.1) is 23.4 Å². The summed E-state index contributed by atoms with van der Waals surface area (Å²) in [5, 5.41) is 2.95. The fraction of sp³-hybridized carbons (Fsp3) is 0.310. The normalized spacial score (nSPS) is 22.6. The molecule has 8 heteroatoms. The van der Waals surface area contributed by atoms with Gasteiger partial charge in [-0.1, -0.05) is 36.4 Å². The number of carbonyl (C=O) groups is 2. The smallest absolute Gasteiger partial charge is 0.408 e. The first-order valence-electron chi connectivity index (χ1n) is 12.4. The number of alkyl carbamates (subject to hydrolysis) is 1. The number of nitrogens with zero attached hydrogens (tertiary/aromatic N) is 1. The predicted octanol–water partition coefficient (Wildman–Crippen LogP) is 5.41. The number of nitrogens with one attached hydrogen (secondary N) is 1. The van der Waals surface area contributed by atoms with Gasteiger partial charge in [-0.2, -0.15) is 0 Å². The molecule has 3 fully saturated rings. The number of fused-ring (bicyclic) bond motifs is 3. The molecule has 1 unspecified atom stereocenters. The van der Waals surface area contributed by atoms with Crippen LogP contribution in [0.4, 0.5) is 18.0 Å². The van der Waals surface area contributed by atoms with Gasteiger partial charge in [-0.3, -0.25) is 4.79 Å². The van der Waals surface area contributed by atoms with Crippen molar-refractivity contribution in [1.82, 2.24) is 5.32 Å². The minimum Gasteiger partial charge on any atom is -0.436 e. The van der Waals surface area contributed by atoms with E-state index in [1.54, 1.807) is 24.3 Å². The van der Waals surface area contributed by atoms with E-state index in [9.17, 15) is 22.8 Å². The second-order valence-corrected chi connectivity index (χ2v) is 10.0. The van der Waals surface area contributed by atoms with Crippen molar-refractivity contribution in [2.75, 3.05) is 26.2 Å². The molecule has 1 atom stereocenters. The fourth-order valence-electron chi connectivity index (χ4n) is 5.71. The molecule has 3 aromatic carbocycles. The minimum absolute atomic E-state index is 0.0830. The maximum Gasteiger partial charge on any atom is 0.408 e. The number of carbonyl (C=O) groups excluding carboxylic acids is 2. The molecule has 2 bridgehead atoms. The SMILES string of the molecule is O=C(NC1C[N+]2(CC(=O)c3ccccc3F)CCC1CC2)OC(c1cccc(F)c1)c1cccc(F)c1. The quantitative estimate of drug-likeness (QED) is 0.342. The fourth-order valence-corrected chi connectivity index (χ4v) is 5.71. The summed E-state index contributed by atoms with van der Waals surface area (Å²) in [5.41, 5.74) is 0.849. The van der Waals surface area contributed by atoms with Gasteiger partial charge in [0.15, 0.2) is 6.10 Å². The van der Waals surface area contributed by atoms with Crippen molar-refractivity contribution in [1.29, 1.82) is 0 Å². The lowest BCUT2D eigenvalue weighted by Crippen LogP contribution is -2.68.